The number of rotatable bonds is 5. The molecule has 88 valence electrons. The van der Waals surface area contributed by atoms with Gasteiger partial charge in [0.1, 0.15) is 5.82 Å². The minimum atomic E-state index is 0.520. The largest absolute Gasteiger partial charge is 0.381 e. The Morgan fingerprint density at radius 2 is 2.50 bits per heavy atom. The lowest BCUT2D eigenvalue weighted by atomic mass is 10.1. The van der Waals surface area contributed by atoms with E-state index in [2.05, 4.69) is 10.4 Å². The molecule has 0 radical (unpaired) electrons. The molecule has 1 fully saturated rings. The van der Waals surface area contributed by atoms with E-state index in [1.165, 1.54) is 0 Å². The SMILES string of the molecule is NNc1cccc(COCC2CCOC2)n1. The van der Waals surface area contributed by atoms with Gasteiger partial charge in [-0.3, -0.25) is 0 Å². The van der Waals surface area contributed by atoms with Gasteiger partial charge in [-0.2, -0.15) is 0 Å². The number of pyridine rings is 1. The number of nitrogen functional groups attached to an aromatic ring is 1. The quantitative estimate of drug-likeness (QED) is 0.574. The molecule has 1 atom stereocenters. The number of anilines is 1. The summed E-state index contributed by atoms with van der Waals surface area (Å²) in [6, 6.07) is 5.64. The van der Waals surface area contributed by atoms with Crippen molar-refractivity contribution in [3.05, 3.63) is 23.9 Å². The highest BCUT2D eigenvalue weighted by Crippen LogP contribution is 2.13. The Morgan fingerprint density at radius 1 is 1.56 bits per heavy atom. The molecule has 5 heteroatoms. The minimum Gasteiger partial charge on any atom is -0.381 e. The van der Waals surface area contributed by atoms with Gasteiger partial charge in [-0.25, -0.2) is 10.8 Å². The van der Waals surface area contributed by atoms with E-state index in [-0.39, 0.29) is 0 Å². The second-order valence-electron chi connectivity index (χ2n) is 3.90. The molecule has 1 aromatic heterocycles. The molecule has 0 aromatic carbocycles. The summed E-state index contributed by atoms with van der Waals surface area (Å²) in [5.41, 5.74) is 3.40. The van der Waals surface area contributed by atoms with Crippen LogP contribution in [0.4, 0.5) is 5.82 Å². The van der Waals surface area contributed by atoms with Crippen LogP contribution >= 0.6 is 0 Å². The van der Waals surface area contributed by atoms with E-state index in [9.17, 15) is 0 Å². The third-order valence-corrected chi connectivity index (χ3v) is 2.58. The van der Waals surface area contributed by atoms with E-state index in [1.807, 2.05) is 18.2 Å². The van der Waals surface area contributed by atoms with Gasteiger partial charge in [-0.05, 0) is 18.6 Å². The standard InChI is InChI=1S/C11H17N3O2/c12-14-11-3-1-2-10(13-11)8-16-7-9-4-5-15-6-9/h1-3,9H,4-8,12H2,(H,13,14). The Bertz CT molecular complexity index is 327. The molecule has 2 rings (SSSR count). The van der Waals surface area contributed by atoms with Crippen LogP contribution in [-0.4, -0.2) is 24.8 Å². The predicted octanol–water partition coefficient (Wildman–Crippen LogP) is 0.920. The van der Waals surface area contributed by atoms with Crippen molar-refractivity contribution in [2.75, 3.05) is 25.2 Å². The average molecular weight is 223 g/mol. The first-order valence-electron chi connectivity index (χ1n) is 5.46. The molecular weight excluding hydrogens is 206 g/mol. The fourth-order valence-electron chi connectivity index (χ4n) is 1.69. The van der Waals surface area contributed by atoms with Gasteiger partial charge in [0.05, 0.1) is 25.5 Å². The first kappa shape index (κ1) is 11.3. The van der Waals surface area contributed by atoms with Crippen LogP contribution in [0.25, 0.3) is 0 Å². The maximum Gasteiger partial charge on any atom is 0.140 e. The van der Waals surface area contributed by atoms with Crippen LogP contribution in [0.15, 0.2) is 18.2 Å². The smallest absolute Gasteiger partial charge is 0.140 e. The summed E-state index contributed by atoms with van der Waals surface area (Å²) in [6.45, 7) is 2.94. The molecular formula is C11H17N3O2. The second kappa shape index (κ2) is 5.79. The van der Waals surface area contributed by atoms with Crippen molar-refractivity contribution in [3.63, 3.8) is 0 Å². The Labute approximate surface area is 94.9 Å². The van der Waals surface area contributed by atoms with E-state index in [0.717, 1.165) is 31.9 Å². The van der Waals surface area contributed by atoms with Gasteiger partial charge in [-0.15, -0.1) is 0 Å². The highest BCUT2D eigenvalue weighted by molar-refractivity contribution is 5.33. The lowest BCUT2D eigenvalue weighted by molar-refractivity contribution is 0.0774. The molecule has 1 saturated heterocycles. The fourth-order valence-corrected chi connectivity index (χ4v) is 1.69. The van der Waals surface area contributed by atoms with Crippen molar-refractivity contribution in [2.45, 2.75) is 13.0 Å². The van der Waals surface area contributed by atoms with Crippen LogP contribution in [0.2, 0.25) is 0 Å². The highest BCUT2D eigenvalue weighted by Gasteiger charge is 2.15. The molecule has 1 aliphatic rings. The molecule has 0 amide bonds. The number of ether oxygens (including phenoxy) is 2. The van der Waals surface area contributed by atoms with Crippen molar-refractivity contribution in [3.8, 4) is 0 Å². The maximum atomic E-state index is 5.59. The van der Waals surface area contributed by atoms with E-state index in [0.29, 0.717) is 18.3 Å². The van der Waals surface area contributed by atoms with Crippen LogP contribution in [0.1, 0.15) is 12.1 Å². The first-order chi connectivity index (χ1) is 7.88. The number of hydrogen-bond acceptors (Lipinski definition) is 5. The van der Waals surface area contributed by atoms with Gasteiger partial charge < -0.3 is 14.9 Å². The summed E-state index contributed by atoms with van der Waals surface area (Å²) in [7, 11) is 0. The fraction of sp³-hybridized carbons (Fsp3) is 0.545. The highest BCUT2D eigenvalue weighted by atomic mass is 16.5. The zero-order chi connectivity index (χ0) is 11.2. The van der Waals surface area contributed by atoms with Crippen LogP contribution in [-0.2, 0) is 16.1 Å². The topological polar surface area (TPSA) is 69.4 Å². The third kappa shape index (κ3) is 3.16. The summed E-state index contributed by atoms with van der Waals surface area (Å²) >= 11 is 0. The molecule has 0 aliphatic carbocycles. The monoisotopic (exact) mass is 223 g/mol. The van der Waals surface area contributed by atoms with Crippen molar-refractivity contribution in [1.29, 1.82) is 0 Å². The molecule has 0 bridgehead atoms. The summed E-state index contributed by atoms with van der Waals surface area (Å²) in [5.74, 6) is 6.47. The number of nitrogens with one attached hydrogen (secondary N) is 1. The van der Waals surface area contributed by atoms with Crippen molar-refractivity contribution >= 4 is 5.82 Å². The zero-order valence-corrected chi connectivity index (χ0v) is 9.19. The van der Waals surface area contributed by atoms with Crippen molar-refractivity contribution in [1.82, 2.24) is 4.98 Å². The normalized spacial score (nSPS) is 19.9. The number of nitrogens with two attached hydrogens (primary N) is 1. The summed E-state index contributed by atoms with van der Waals surface area (Å²) in [5, 5.41) is 0. The Balaban J connectivity index is 1.75. The predicted molar refractivity (Wildman–Crippen MR) is 60.6 cm³/mol. The van der Waals surface area contributed by atoms with E-state index < -0.39 is 0 Å². The van der Waals surface area contributed by atoms with Crippen molar-refractivity contribution in [2.24, 2.45) is 11.8 Å². The zero-order valence-electron chi connectivity index (χ0n) is 9.19. The molecule has 1 aromatic rings. The Morgan fingerprint density at radius 3 is 3.25 bits per heavy atom. The Kier molecular flexibility index (Phi) is 4.10. The minimum absolute atomic E-state index is 0.520. The average Bonchev–Trinajstić information content (AvgIpc) is 2.82. The molecule has 0 spiro atoms. The van der Waals surface area contributed by atoms with Crippen molar-refractivity contribution < 1.29 is 9.47 Å². The lowest BCUT2D eigenvalue weighted by Crippen LogP contribution is -2.11. The summed E-state index contributed by atoms with van der Waals surface area (Å²) in [6.07, 6.45) is 1.10. The van der Waals surface area contributed by atoms with Crippen LogP contribution in [0.5, 0.6) is 0 Å². The van der Waals surface area contributed by atoms with Crippen LogP contribution in [0, 0.1) is 5.92 Å². The number of hydrazine groups is 1. The van der Waals surface area contributed by atoms with Crippen LogP contribution in [0.3, 0.4) is 0 Å². The maximum absolute atomic E-state index is 5.59. The summed E-state index contributed by atoms with van der Waals surface area (Å²) in [4.78, 5) is 4.26. The second-order valence-corrected chi connectivity index (χ2v) is 3.90. The molecule has 1 unspecified atom stereocenters. The van der Waals surface area contributed by atoms with E-state index in [1.54, 1.807) is 0 Å². The van der Waals surface area contributed by atoms with Gasteiger partial charge in [-0.1, -0.05) is 6.07 Å². The third-order valence-electron chi connectivity index (χ3n) is 2.58. The number of aromatic nitrogens is 1. The van der Waals surface area contributed by atoms with Gasteiger partial charge in [0.2, 0.25) is 0 Å². The molecule has 3 N–H and O–H groups in total. The van der Waals surface area contributed by atoms with Crippen LogP contribution < -0.4 is 11.3 Å². The Hall–Kier alpha value is -1.17. The summed E-state index contributed by atoms with van der Waals surface area (Å²) < 4.78 is 10.9. The number of nitrogens with zero attached hydrogens (tertiary/aromatic N) is 1. The van der Waals surface area contributed by atoms with E-state index >= 15 is 0 Å². The number of hydrogen-bond donors (Lipinski definition) is 2. The lowest BCUT2D eigenvalue weighted by Gasteiger charge is -2.08. The van der Waals surface area contributed by atoms with Gasteiger partial charge in [0.15, 0.2) is 0 Å². The van der Waals surface area contributed by atoms with Gasteiger partial charge in [0.25, 0.3) is 0 Å². The first-order valence-corrected chi connectivity index (χ1v) is 5.46. The molecule has 5 nitrogen and oxygen atoms in total. The molecule has 2 heterocycles. The van der Waals surface area contributed by atoms with Gasteiger partial charge >= 0.3 is 0 Å². The molecule has 0 saturated carbocycles. The molecule has 16 heavy (non-hydrogen) atoms. The van der Waals surface area contributed by atoms with Gasteiger partial charge in [0, 0.05) is 12.5 Å². The van der Waals surface area contributed by atoms with E-state index in [4.69, 9.17) is 15.3 Å². The molecule has 1 aliphatic heterocycles.